The normalized spacial score (nSPS) is 11.6. The maximum absolute atomic E-state index is 12.4. The topological polar surface area (TPSA) is 82.5 Å². The number of esters is 1. The molecule has 150 valence electrons. The average Bonchev–Trinajstić information content (AvgIpc) is 3.15. The van der Waals surface area contributed by atoms with Gasteiger partial charge in [-0.1, -0.05) is 0 Å². The molecule has 0 fully saturated rings. The quantitative estimate of drug-likeness (QED) is 0.618. The number of hydrogen-bond donors (Lipinski definition) is 1. The minimum atomic E-state index is -0.942. The van der Waals surface area contributed by atoms with Crippen molar-refractivity contribution in [3.8, 4) is 11.4 Å². The zero-order chi connectivity index (χ0) is 20.8. The summed E-state index contributed by atoms with van der Waals surface area (Å²) in [5.74, 6) is -0.256. The average molecular weight is 393 g/mol. The van der Waals surface area contributed by atoms with E-state index < -0.39 is 18.0 Å². The second-order valence-electron chi connectivity index (χ2n) is 6.43. The molecule has 0 aliphatic rings. The van der Waals surface area contributed by atoms with Gasteiger partial charge in [0.15, 0.2) is 6.10 Å². The van der Waals surface area contributed by atoms with Crippen LogP contribution < -0.4 is 10.1 Å². The number of nitrogens with zero attached hydrogens (tertiary/aromatic N) is 2. The number of aryl methyl sites for hydroxylation is 1. The van der Waals surface area contributed by atoms with Crippen LogP contribution >= 0.6 is 0 Å². The zero-order valence-corrected chi connectivity index (χ0v) is 16.6. The summed E-state index contributed by atoms with van der Waals surface area (Å²) >= 11 is 0. The predicted octanol–water partition coefficient (Wildman–Crippen LogP) is 3.76. The highest BCUT2D eigenvalue weighted by atomic mass is 16.5. The molecule has 1 amide bonds. The van der Waals surface area contributed by atoms with Crippen molar-refractivity contribution in [2.75, 3.05) is 11.9 Å². The molecule has 7 heteroatoms. The number of carbonyl (C=O) groups excluding carboxylic acids is 2. The summed E-state index contributed by atoms with van der Waals surface area (Å²) in [5.41, 5.74) is 2.78. The highest BCUT2D eigenvalue weighted by Gasteiger charge is 2.19. The molecule has 1 atom stereocenters. The molecule has 0 radical (unpaired) electrons. The van der Waals surface area contributed by atoms with E-state index in [9.17, 15) is 9.59 Å². The molecule has 2 aromatic carbocycles. The number of anilines is 1. The molecular formula is C22H23N3O4. The SMILES string of the molecule is CCOc1ccc(NC(=O)[C@H](C)OC(=O)c2ccc(-n3nccc3C)cc2)cc1. The fourth-order valence-electron chi connectivity index (χ4n) is 2.71. The molecule has 0 unspecified atom stereocenters. The first-order chi connectivity index (χ1) is 14.0. The Labute approximate surface area is 169 Å². The van der Waals surface area contributed by atoms with Crippen LogP contribution in [0.25, 0.3) is 5.69 Å². The van der Waals surface area contributed by atoms with Crippen molar-refractivity contribution < 1.29 is 19.1 Å². The van der Waals surface area contributed by atoms with Crippen LogP contribution in [-0.2, 0) is 9.53 Å². The van der Waals surface area contributed by atoms with Gasteiger partial charge < -0.3 is 14.8 Å². The van der Waals surface area contributed by atoms with Gasteiger partial charge in [0.05, 0.1) is 17.9 Å². The highest BCUT2D eigenvalue weighted by Crippen LogP contribution is 2.17. The van der Waals surface area contributed by atoms with Crippen LogP contribution in [0.15, 0.2) is 60.8 Å². The Balaban J connectivity index is 1.58. The summed E-state index contributed by atoms with van der Waals surface area (Å²) in [7, 11) is 0. The van der Waals surface area contributed by atoms with E-state index in [0.29, 0.717) is 17.9 Å². The highest BCUT2D eigenvalue weighted by molar-refractivity contribution is 5.97. The van der Waals surface area contributed by atoms with Gasteiger partial charge in [-0.2, -0.15) is 5.10 Å². The van der Waals surface area contributed by atoms with Crippen LogP contribution in [0.1, 0.15) is 29.9 Å². The lowest BCUT2D eigenvalue weighted by molar-refractivity contribution is -0.123. The van der Waals surface area contributed by atoms with Crippen LogP contribution in [0, 0.1) is 6.92 Å². The number of benzene rings is 2. The molecule has 29 heavy (non-hydrogen) atoms. The Morgan fingerprint density at radius 1 is 1.07 bits per heavy atom. The molecule has 0 spiro atoms. The second kappa shape index (κ2) is 9.05. The summed E-state index contributed by atoms with van der Waals surface area (Å²) in [6, 6.07) is 15.7. The van der Waals surface area contributed by atoms with Gasteiger partial charge in [0.1, 0.15) is 5.75 Å². The van der Waals surface area contributed by atoms with Crippen LogP contribution in [0.5, 0.6) is 5.75 Å². The van der Waals surface area contributed by atoms with E-state index in [2.05, 4.69) is 10.4 Å². The lowest BCUT2D eigenvalue weighted by atomic mass is 10.2. The Morgan fingerprint density at radius 3 is 2.34 bits per heavy atom. The first kappa shape index (κ1) is 20.1. The van der Waals surface area contributed by atoms with Gasteiger partial charge in [0.2, 0.25) is 0 Å². The van der Waals surface area contributed by atoms with Gasteiger partial charge in [-0.25, -0.2) is 9.48 Å². The van der Waals surface area contributed by atoms with Gasteiger partial charge in [-0.15, -0.1) is 0 Å². The van der Waals surface area contributed by atoms with E-state index in [0.717, 1.165) is 17.1 Å². The number of rotatable bonds is 7. The third-order valence-electron chi connectivity index (χ3n) is 4.27. The number of aromatic nitrogens is 2. The first-order valence-corrected chi connectivity index (χ1v) is 9.33. The Morgan fingerprint density at radius 2 is 1.76 bits per heavy atom. The minimum absolute atomic E-state index is 0.360. The molecule has 0 saturated heterocycles. The maximum atomic E-state index is 12.4. The Kier molecular flexibility index (Phi) is 6.29. The fraction of sp³-hybridized carbons (Fsp3) is 0.227. The van der Waals surface area contributed by atoms with E-state index in [-0.39, 0.29) is 0 Å². The summed E-state index contributed by atoms with van der Waals surface area (Å²) in [5, 5.41) is 6.95. The van der Waals surface area contributed by atoms with Crippen LogP contribution in [0.4, 0.5) is 5.69 Å². The summed E-state index contributed by atoms with van der Waals surface area (Å²) < 4.78 is 12.4. The summed E-state index contributed by atoms with van der Waals surface area (Å²) in [6.07, 6.45) is 0.768. The van der Waals surface area contributed by atoms with E-state index in [4.69, 9.17) is 9.47 Å². The van der Waals surface area contributed by atoms with Crippen molar-refractivity contribution in [2.24, 2.45) is 0 Å². The van der Waals surface area contributed by atoms with Crippen LogP contribution in [-0.4, -0.2) is 34.4 Å². The lowest BCUT2D eigenvalue weighted by Gasteiger charge is -2.14. The van der Waals surface area contributed by atoms with Crippen molar-refractivity contribution in [1.29, 1.82) is 0 Å². The van der Waals surface area contributed by atoms with Crippen LogP contribution in [0.2, 0.25) is 0 Å². The number of ether oxygens (including phenoxy) is 2. The fourth-order valence-corrected chi connectivity index (χ4v) is 2.71. The van der Waals surface area contributed by atoms with Crippen LogP contribution in [0.3, 0.4) is 0 Å². The second-order valence-corrected chi connectivity index (χ2v) is 6.43. The molecule has 1 heterocycles. The van der Waals surface area contributed by atoms with Crippen molar-refractivity contribution in [2.45, 2.75) is 26.9 Å². The Hall–Kier alpha value is -3.61. The molecular weight excluding hydrogens is 370 g/mol. The summed E-state index contributed by atoms with van der Waals surface area (Å²) in [6.45, 7) is 5.95. The smallest absolute Gasteiger partial charge is 0.338 e. The molecule has 3 aromatic rings. The third-order valence-corrected chi connectivity index (χ3v) is 4.27. The summed E-state index contributed by atoms with van der Waals surface area (Å²) in [4.78, 5) is 24.7. The van der Waals surface area contributed by atoms with E-state index in [1.54, 1.807) is 59.4 Å². The van der Waals surface area contributed by atoms with Gasteiger partial charge in [0.25, 0.3) is 5.91 Å². The van der Waals surface area contributed by atoms with E-state index >= 15 is 0 Å². The first-order valence-electron chi connectivity index (χ1n) is 9.33. The predicted molar refractivity (Wildman–Crippen MR) is 109 cm³/mol. The van der Waals surface area contributed by atoms with Gasteiger partial charge in [0, 0.05) is 17.6 Å². The van der Waals surface area contributed by atoms with Gasteiger partial charge in [-0.3, -0.25) is 4.79 Å². The van der Waals surface area contributed by atoms with Gasteiger partial charge in [-0.05, 0) is 75.4 Å². The largest absolute Gasteiger partial charge is 0.494 e. The molecule has 1 N–H and O–H groups in total. The van der Waals surface area contributed by atoms with Gasteiger partial charge >= 0.3 is 5.97 Å². The lowest BCUT2D eigenvalue weighted by Crippen LogP contribution is -2.30. The number of carbonyl (C=O) groups is 2. The number of nitrogens with one attached hydrogen (secondary N) is 1. The zero-order valence-electron chi connectivity index (χ0n) is 16.6. The van der Waals surface area contributed by atoms with Crippen molar-refractivity contribution in [3.05, 3.63) is 72.1 Å². The van der Waals surface area contributed by atoms with E-state index in [1.807, 2.05) is 19.9 Å². The standard InChI is InChI=1S/C22H23N3O4/c1-4-28-20-11-7-18(8-12-20)24-21(26)16(3)29-22(27)17-5-9-19(10-6-17)25-15(2)13-14-23-25/h5-14,16H,4H2,1-3H3,(H,24,26)/t16-/m0/s1. The molecule has 1 aromatic heterocycles. The number of hydrogen-bond acceptors (Lipinski definition) is 5. The number of amides is 1. The van der Waals surface area contributed by atoms with Crippen molar-refractivity contribution >= 4 is 17.6 Å². The molecule has 0 aliphatic heterocycles. The van der Waals surface area contributed by atoms with Crippen molar-refractivity contribution in [1.82, 2.24) is 9.78 Å². The van der Waals surface area contributed by atoms with E-state index in [1.165, 1.54) is 6.92 Å². The molecule has 0 saturated carbocycles. The molecule has 7 nitrogen and oxygen atoms in total. The monoisotopic (exact) mass is 393 g/mol. The Bertz CT molecular complexity index is 978. The van der Waals surface area contributed by atoms with Crippen molar-refractivity contribution in [3.63, 3.8) is 0 Å². The third kappa shape index (κ3) is 5.01. The molecule has 0 aliphatic carbocycles. The maximum Gasteiger partial charge on any atom is 0.338 e. The molecule has 0 bridgehead atoms. The molecule has 3 rings (SSSR count). The minimum Gasteiger partial charge on any atom is -0.494 e.